The number of carbonyl (C=O) groups is 1. The topological polar surface area (TPSA) is 57.7 Å². The number of amides is 1. The molecule has 0 unspecified atom stereocenters. The maximum absolute atomic E-state index is 11.4. The third-order valence-electron chi connectivity index (χ3n) is 3.51. The number of alkyl halides is 1. The van der Waals surface area contributed by atoms with Gasteiger partial charge in [-0.1, -0.05) is 0 Å². The number of piperazine rings is 1. The molecule has 1 atom stereocenters. The van der Waals surface area contributed by atoms with E-state index < -0.39 is 9.84 Å². The Morgan fingerprint density at radius 1 is 1.24 bits per heavy atom. The molecule has 1 amide bonds. The van der Waals surface area contributed by atoms with Crippen molar-refractivity contribution in [1.82, 2.24) is 9.80 Å². The van der Waals surface area contributed by atoms with Gasteiger partial charge in [0.25, 0.3) is 0 Å². The van der Waals surface area contributed by atoms with Crippen molar-refractivity contribution in [3.05, 3.63) is 0 Å². The Labute approximate surface area is 107 Å². The molecule has 0 aliphatic carbocycles. The summed E-state index contributed by atoms with van der Waals surface area (Å²) >= 11 is 5.50. The minimum absolute atomic E-state index is 0.0256. The molecule has 0 aromatic carbocycles. The van der Waals surface area contributed by atoms with Crippen molar-refractivity contribution in [3.8, 4) is 0 Å². The second-order valence-corrected chi connectivity index (χ2v) is 7.10. The van der Waals surface area contributed by atoms with Crippen LogP contribution in [0.2, 0.25) is 0 Å². The smallest absolute Gasteiger partial charge is 0.237 e. The van der Waals surface area contributed by atoms with Crippen LogP contribution in [0.5, 0.6) is 0 Å². The van der Waals surface area contributed by atoms with E-state index in [2.05, 4.69) is 4.90 Å². The first-order chi connectivity index (χ1) is 8.02. The summed E-state index contributed by atoms with van der Waals surface area (Å²) in [6.45, 7) is 2.82. The average Bonchev–Trinajstić information content (AvgIpc) is 2.69. The van der Waals surface area contributed by atoms with Crippen LogP contribution in [0.1, 0.15) is 6.42 Å². The highest BCUT2D eigenvalue weighted by molar-refractivity contribution is 7.91. The van der Waals surface area contributed by atoms with Crippen molar-refractivity contribution >= 4 is 27.3 Å². The van der Waals surface area contributed by atoms with Gasteiger partial charge in [0.2, 0.25) is 5.91 Å². The molecule has 2 rings (SSSR count). The van der Waals surface area contributed by atoms with Gasteiger partial charge >= 0.3 is 0 Å². The van der Waals surface area contributed by atoms with Crippen LogP contribution in [0.3, 0.4) is 0 Å². The lowest BCUT2D eigenvalue weighted by Crippen LogP contribution is -2.52. The third kappa shape index (κ3) is 3.11. The van der Waals surface area contributed by atoms with Crippen LogP contribution >= 0.6 is 11.6 Å². The zero-order chi connectivity index (χ0) is 12.5. The highest BCUT2D eigenvalue weighted by Crippen LogP contribution is 2.19. The van der Waals surface area contributed by atoms with Crippen molar-refractivity contribution in [2.45, 2.75) is 12.5 Å². The Morgan fingerprint density at radius 3 is 2.35 bits per heavy atom. The van der Waals surface area contributed by atoms with Gasteiger partial charge in [0.15, 0.2) is 9.84 Å². The van der Waals surface area contributed by atoms with E-state index in [1.54, 1.807) is 4.90 Å². The lowest BCUT2D eigenvalue weighted by molar-refractivity contribution is -0.130. The lowest BCUT2D eigenvalue weighted by Gasteiger charge is -2.37. The van der Waals surface area contributed by atoms with Gasteiger partial charge in [0.05, 0.1) is 11.5 Å². The Morgan fingerprint density at radius 2 is 1.88 bits per heavy atom. The Balaban J connectivity index is 1.86. The molecule has 2 aliphatic heterocycles. The molecule has 0 radical (unpaired) electrons. The second-order valence-electron chi connectivity index (χ2n) is 4.61. The Hall–Kier alpha value is -0.330. The molecule has 5 nitrogen and oxygen atoms in total. The molecular weight excluding hydrogens is 264 g/mol. The highest BCUT2D eigenvalue weighted by atomic mass is 35.5. The molecule has 7 heteroatoms. The number of sulfone groups is 1. The fourth-order valence-electron chi connectivity index (χ4n) is 2.48. The summed E-state index contributed by atoms with van der Waals surface area (Å²) < 4.78 is 22.8. The molecule has 0 saturated carbocycles. The monoisotopic (exact) mass is 280 g/mol. The van der Waals surface area contributed by atoms with Crippen LogP contribution in [0.15, 0.2) is 0 Å². The molecular formula is C10H17ClN2O3S. The van der Waals surface area contributed by atoms with Gasteiger partial charge in [0.1, 0.15) is 5.88 Å². The Bertz CT molecular complexity index is 390. The van der Waals surface area contributed by atoms with Crippen molar-refractivity contribution in [2.75, 3.05) is 43.6 Å². The van der Waals surface area contributed by atoms with E-state index in [4.69, 9.17) is 11.6 Å². The fourth-order valence-corrected chi connectivity index (χ4v) is 4.41. The van der Waals surface area contributed by atoms with Crippen LogP contribution in [0.4, 0.5) is 0 Å². The Kier molecular flexibility index (Phi) is 3.95. The highest BCUT2D eigenvalue weighted by Gasteiger charge is 2.34. The molecule has 0 spiro atoms. The van der Waals surface area contributed by atoms with E-state index in [1.165, 1.54) is 0 Å². The number of hydrogen-bond donors (Lipinski definition) is 0. The van der Waals surface area contributed by atoms with E-state index in [-0.39, 0.29) is 23.6 Å². The molecule has 2 saturated heterocycles. The van der Waals surface area contributed by atoms with E-state index >= 15 is 0 Å². The summed E-state index contributed by atoms with van der Waals surface area (Å²) in [6, 6.07) is 0.147. The van der Waals surface area contributed by atoms with Gasteiger partial charge in [-0.2, -0.15) is 0 Å². The number of halogens is 1. The molecule has 98 valence electrons. The first kappa shape index (κ1) is 13.1. The van der Waals surface area contributed by atoms with Crippen molar-refractivity contribution in [3.63, 3.8) is 0 Å². The van der Waals surface area contributed by atoms with Gasteiger partial charge in [-0.25, -0.2) is 8.42 Å². The SMILES string of the molecule is O=C(CCl)N1CCN([C@@H]2CCS(=O)(=O)C2)CC1. The summed E-state index contributed by atoms with van der Waals surface area (Å²) in [6.07, 6.45) is 0.728. The van der Waals surface area contributed by atoms with Crippen molar-refractivity contribution < 1.29 is 13.2 Å². The standard InChI is InChI=1S/C10H17ClN2O3S/c11-7-10(14)13-4-2-12(3-5-13)9-1-6-17(15,16)8-9/h9H,1-8H2/t9-/m1/s1. The predicted molar refractivity (Wildman–Crippen MR) is 65.9 cm³/mol. The van der Waals surface area contributed by atoms with E-state index in [0.29, 0.717) is 18.8 Å². The summed E-state index contributed by atoms with van der Waals surface area (Å²) in [5, 5.41) is 0. The maximum Gasteiger partial charge on any atom is 0.237 e. The molecule has 17 heavy (non-hydrogen) atoms. The first-order valence-electron chi connectivity index (χ1n) is 5.80. The zero-order valence-electron chi connectivity index (χ0n) is 9.64. The van der Waals surface area contributed by atoms with Gasteiger partial charge < -0.3 is 4.90 Å². The molecule has 0 bridgehead atoms. The third-order valence-corrected chi connectivity index (χ3v) is 5.49. The number of hydrogen-bond acceptors (Lipinski definition) is 4. The van der Waals surface area contributed by atoms with E-state index in [0.717, 1.165) is 19.5 Å². The van der Waals surface area contributed by atoms with Gasteiger partial charge in [0, 0.05) is 32.2 Å². The van der Waals surface area contributed by atoms with Crippen LogP contribution in [-0.4, -0.2) is 73.7 Å². The minimum atomic E-state index is -2.82. The number of carbonyl (C=O) groups excluding carboxylic acids is 1. The zero-order valence-corrected chi connectivity index (χ0v) is 11.2. The van der Waals surface area contributed by atoms with Crippen LogP contribution in [0.25, 0.3) is 0 Å². The summed E-state index contributed by atoms with van der Waals surface area (Å²) in [7, 11) is -2.82. The van der Waals surface area contributed by atoms with Gasteiger partial charge in [-0.15, -0.1) is 11.6 Å². The van der Waals surface area contributed by atoms with Crippen LogP contribution in [-0.2, 0) is 14.6 Å². The lowest BCUT2D eigenvalue weighted by atomic mass is 10.2. The fraction of sp³-hybridized carbons (Fsp3) is 0.900. The van der Waals surface area contributed by atoms with Gasteiger partial charge in [-0.05, 0) is 6.42 Å². The molecule has 2 heterocycles. The first-order valence-corrected chi connectivity index (χ1v) is 8.15. The van der Waals surface area contributed by atoms with Crippen molar-refractivity contribution in [2.24, 2.45) is 0 Å². The summed E-state index contributed by atoms with van der Waals surface area (Å²) in [5.41, 5.74) is 0. The predicted octanol–water partition coefficient (Wildman–Crippen LogP) is -0.443. The minimum Gasteiger partial charge on any atom is -0.339 e. The van der Waals surface area contributed by atoms with Crippen LogP contribution in [0, 0.1) is 0 Å². The summed E-state index contributed by atoms with van der Waals surface area (Å²) in [5.74, 6) is 0.567. The number of rotatable bonds is 2. The largest absolute Gasteiger partial charge is 0.339 e. The average molecular weight is 281 g/mol. The normalized spacial score (nSPS) is 29.5. The quantitative estimate of drug-likeness (QED) is 0.644. The summed E-state index contributed by atoms with van der Waals surface area (Å²) in [4.78, 5) is 15.3. The molecule has 0 aromatic heterocycles. The van der Waals surface area contributed by atoms with Crippen molar-refractivity contribution in [1.29, 1.82) is 0 Å². The molecule has 0 N–H and O–H groups in total. The number of nitrogens with zero attached hydrogens (tertiary/aromatic N) is 2. The van der Waals surface area contributed by atoms with E-state index in [1.807, 2.05) is 0 Å². The van der Waals surface area contributed by atoms with E-state index in [9.17, 15) is 13.2 Å². The molecule has 0 aromatic rings. The van der Waals surface area contributed by atoms with Gasteiger partial charge in [-0.3, -0.25) is 9.69 Å². The van der Waals surface area contributed by atoms with Crippen LogP contribution < -0.4 is 0 Å². The second kappa shape index (κ2) is 5.12. The molecule has 2 fully saturated rings. The maximum atomic E-state index is 11.4. The molecule has 2 aliphatic rings.